The molecule has 0 fully saturated rings. The first-order valence-corrected chi connectivity index (χ1v) is 6.45. The second kappa shape index (κ2) is 8.04. The summed E-state index contributed by atoms with van der Waals surface area (Å²) in [5.74, 6) is -0.127. The van der Waals surface area contributed by atoms with Gasteiger partial charge in [-0.3, -0.25) is 4.79 Å². The van der Waals surface area contributed by atoms with E-state index < -0.39 is 5.97 Å². The van der Waals surface area contributed by atoms with Crippen molar-refractivity contribution in [2.45, 2.75) is 19.9 Å². The smallest absolute Gasteiger partial charge is 0.317 e. The second-order valence-electron chi connectivity index (χ2n) is 4.30. The van der Waals surface area contributed by atoms with Crippen LogP contribution in [-0.2, 0) is 11.3 Å². The van der Waals surface area contributed by atoms with E-state index in [1.165, 1.54) is 4.90 Å². The monoisotopic (exact) mass is 280 g/mol. The molecule has 0 aliphatic heterocycles. The van der Waals surface area contributed by atoms with Crippen molar-refractivity contribution in [2.75, 3.05) is 20.2 Å². The summed E-state index contributed by atoms with van der Waals surface area (Å²) in [6.45, 7) is 3.11. The van der Waals surface area contributed by atoms with Gasteiger partial charge in [-0.25, -0.2) is 4.79 Å². The highest BCUT2D eigenvalue weighted by molar-refractivity contribution is 5.75. The van der Waals surface area contributed by atoms with Crippen LogP contribution in [0, 0.1) is 0 Å². The van der Waals surface area contributed by atoms with Crippen molar-refractivity contribution in [3.05, 3.63) is 29.8 Å². The lowest BCUT2D eigenvalue weighted by Crippen LogP contribution is -2.37. The lowest BCUT2D eigenvalue weighted by atomic mass is 10.2. The van der Waals surface area contributed by atoms with Gasteiger partial charge in [0.15, 0.2) is 0 Å². The van der Waals surface area contributed by atoms with Crippen molar-refractivity contribution >= 4 is 12.0 Å². The molecule has 0 aliphatic carbocycles. The number of carbonyl (C=O) groups is 2. The molecule has 0 bridgehead atoms. The summed E-state index contributed by atoms with van der Waals surface area (Å²) in [5.41, 5.74) is 0.952. The number of nitrogens with one attached hydrogen (secondary N) is 1. The fourth-order valence-electron chi connectivity index (χ4n) is 1.55. The first-order valence-electron chi connectivity index (χ1n) is 6.45. The van der Waals surface area contributed by atoms with E-state index in [9.17, 15) is 9.59 Å². The van der Waals surface area contributed by atoms with Gasteiger partial charge in [-0.05, 0) is 24.6 Å². The summed E-state index contributed by atoms with van der Waals surface area (Å²) in [4.78, 5) is 23.5. The van der Waals surface area contributed by atoms with Crippen LogP contribution in [-0.4, -0.2) is 42.2 Å². The van der Waals surface area contributed by atoms with Crippen molar-refractivity contribution in [2.24, 2.45) is 0 Å². The Hall–Kier alpha value is -2.24. The number of carbonyl (C=O) groups excluding carboxylic acids is 1. The predicted molar refractivity (Wildman–Crippen MR) is 74.7 cm³/mol. The third-order valence-electron chi connectivity index (χ3n) is 2.69. The van der Waals surface area contributed by atoms with Crippen LogP contribution in [0.4, 0.5) is 4.79 Å². The van der Waals surface area contributed by atoms with Gasteiger partial charge < -0.3 is 20.1 Å². The molecule has 1 aromatic carbocycles. The van der Waals surface area contributed by atoms with Gasteiger partial charge in [0.1, 0.15) is 5.75 Å². The van der Waals surface area contributed by atoms with Crippen molar-refractivity contribution < 1.29 is 19.4 Å². The topological polar surface area (TPSA) is 78.9 Å². The Kier molecular flexibility index (Phi) is 6.36. The fraction of sp³-hybridized carbons (Fsp3) is 0.429. The number of hydrogen-bond donors (Lipinski definition) is 2. The van der Waals surface area contributed by atoms with Gasteiger partial charge in [0.05, 0.1) is 13.0 Å². The van der Waals surface area contributed by atoms with Crippen LogP contribution < -0.4 is 10.1 Å². The quantitative estimate of drug-likeness (QED) is 0.796. The average molecular weight is 280 g/mol. The number of urea groups is 1. The largest absolute Gasteiger partial charge is 0.494 e. The minimum absolute atomic E-state index is 0.0625. The predicted octanol–water partition coefficient (Wildman–Crippen LogP) is 1.70. The van der Waals surface area contributed by atoms with Crippen LogP contribution in [0.3, 0.4) is 0 Å². The standard InChI is InChI=1S/C14H20N2O4/c1-3-20-12-6-4-11(5-7-12)10-15-14(19)16(2)9-8-13(17)18/h4-7H,3,8-10H2,1-2H3,(H,15,19)(H,17,18). The second-order valence-corrected chi connectivity index (χ2v) is 4.30. The zero-order valence-corrected chi connectivity index (χ0v) is 11.8. The van der Waals surface area contributed by atoms with Crippen LogP contribution in [0.5, 0.6) is 5.75 Å². The van der Waals surface area contributed by atoms with Gasteiger partial charge >= 0.3 is 12.0 Å². The fourth-order valence-corrected chi connectivity index (χ4v) is 1.55. The third kappa shape index (κ3) is 5.60. The molecular formula is C14H20N2O4. The molecule has 1 aromatic rings. The maximum atomic E-state index is 11.7. The molecule has 0 heterocycles. The van der Waals surface area contributed by atoms with E-state index in [-0.39, 0.29) is 19.0 Å². The van der Waals surface area contributed by atoms with Crippen LogP contribution in [0.1, 0.15) is 18.9 Å². The molecule has 0 aromatic heterocycles. The Bertz CT molecular complexity index is 445. The Morgan fingerprint density at radius 3 is 2.50 bits per heavy atom. The third-order valence-corrected chi connectivity index (χ3v) is 2.69. The normalized spacial score (nSPS) is 9.90. The van der Waals surface area contributed by atoms with Crippen LogP contribution in [0.15, 0.2) is 24.3 Å². The molecule has 2 amide bonds. The molecule has 110 valence electrons. The molecule has 0 spiro atoms. The molecule has 6 heteroatoms. The van der Waals surface area contributed by atoms with E-state index in [1.54, 1.807) is 7.05 Å². The summed E-state index contributed by atoms with van der Waals surface area (Å²) in [7, 11) is 1.57. The Morgan fingerprint density at radius 2 is 1.95 bits per heavy atom. The van der Waals surface area contributed by atoms with Gasteiger partial charge in [0.2, 0.25) is 0 Å². The molecule has 0 aliphatic rings. The molecule has 0 unspecified atom stereocenters. The molecule has 0 saturated heterocycles. The maximum Gasteiger partial charge on any atom is 0.317 e. The van der Waals surface area contributed by atoms with E-state index in [2.05, 4.69) is 5.32 Å². The highest BCUT2D eigenvalue weighted by Gasteiger charge is 2.09. The highest BCUT2D eigenvalue weighted by atomic mass is 16.5. The number of hydrogen-bond acceptors (Lipinski definition) is 3. The van der Waals surface area contributed by atoms with Crippen molar-refractivity contribution in [3.8, 4) is 5.75 Å². The lowest BCUT2D eigenvalue weighted by Gasteiger charge is -2.17. The summed E-state index contributed by atoms with van der Waals surface area (Å²) in [5, 5.41) is 11.3. The van der Waals surface area contributed by atoms with Crippen LogP contribution in [0.25, 0.3) is 0 Å². The number of rotatable bonds is 7. The summed E-state index contributed by atoms with van der Waals surface area (Å²) in [6.07, 6.45) is -0.0625. The summed E-state index contributed by atoms with van der Waals surface area (Å²) >= 11 is 0. The molecule has 20 heavy (non-hydrogen) atoms. The van der Waals surface area contributed by atoms with Crippen molar-refractivity contribution in [3.63, 3.8) is 0 Å². The molecule has 1 rings (SSSR count). The average Bonchev–Trinajstić information content (AvgIpc) is 2.44. The van der Waals surface area contributed by atoms with Gasteiger partial charge in [0.25, 0.3) is 0 Å². The van der Waals surface area contributed by atoms with E-state index in [4.69, 9.17) is 9.84 Å². The van der Waals surface area contributed by atoms with Gasteiger partial charge in [0, 0.05) is 20.1 Å². The van der Waals surface area contributed by atoms with E-state index in [0.29, 0.717) is 13.2 Å². The van der Waals surface area contributed by atoms with E-state index in [0.717, 1.165) is 11.3 Å². The Labute approximate surface area is 118 Å². The SMILES string of the molecule is CCOc1ccc(CNC(=O)N(C)CCC(=O)O)cc1. The minimum atomic E-state index is -0.920. The Morgan fingerprint density at radius 1 is 1.30 bits per heavy atom. The Balaban J connectivity index is 2.38. The number of benzene rings is 1. The van der Waals surface area contributed by atoms with Gasteiger partial charge in [-0.1, -0.05) is 12.1 Å². The molecule has 2 N–H and O–H groups in total. The summed E-state index contributed by atoms with van der Waals surface area (Å²) < 4.78 is 5.33. The van der Waals surface area contributed by atoms with Gasteiger partial charge in [-0.2, -0.15) is 0 Å². The van der Waals surface area contributed by atoms with E-state index >= 15 is 0 Å². The zero-order chi connectivity index (χ0) is 15.0. The number of ether oxygens (including phenoxy) is 1. The number of carboxylic acid groups (broad SMARTS) is 1. The minimum Gasteiger partial charge on any atom is -0.494 e. The molecular weight excluding hydrogens is 260 g/mol. The number of nitrogens with zero attached hydrogens (tertiary/aromatic N) is 1. The van der Waals surface area contributed by atoms with Crippen LogP contribution in [0.2, 0.25) is 0 Å². The van der Waals surface area contributed by atoms with Crippen molar-refractivity contribution in [1.82, 2.24) is 10.2 Å². The zero-order valence-electron chi connectivity index (χ0n) is 11.8. The highest BCUT2D eigenvalue weighted by Crippen LogP contribution is 2.11. The maximum absolute atomic E-state index is 11.7. The summed E-state index contributed by atoms with van der Waals surface area (Å²) in [6, 6.07) is 7.16. The molecule has 0 radical (unpaired) electrons. The molecule has 6 nitrogen and oxygen atoms in total. The number of aliphatic carboxylic acids is 1. The first-order chi connectivity index (χ1) is 9.52. The molecule has 0 saturated carbocycles. The van der Waals surface area contributed by atoms with Crippen molar-refractivity contribution in [1.29, 1.82) is 0 Å². The van der Waals surface area contributed by atoms with Crippen LogP contribution >= 0.6 is 0 Å². The van der Waals surface area contributed by atoms with Gasteiger partial charge in [-0.15, -0.1) is 0 Å². The van der Waals surface area contributed by atoms with E-state index in [1.807, 2.05) is 31.2 Å². The first kappa shape index (κ1) is 15.8. The molecule has 0 atom stereocenters. The number of carboxylic acids is 1. The number of amides is 2. The lowest BCUT2D eigenvalue weighted by molar-refractivity contribution is -0.137.